The van der Waals surface area contributed by atoms with E-state index in [-0.39, 0.29) is 6.79 Å². The molecular weight excluding hydrogens is 296 g/mol. The molecule has 2 aliphatic rings. The summed E-state index contributed by atoms with van der Waals surface area (Å²) in [6.07, 6.45) is -0.401. The van der Waals surface area contributed by atoms with Crippen LogP contribution in [0.4, 0.5) is 0 Å². The Morgan fingerprint density at radius 3 is 2.65 bits per heavy atom. The summed E-state index contributed by atoms with van der Waals surface area (Å²) < 4.78 is 16.3. The monoisotopic (exact) mass is 324 g/mol. The molecule has 0 aliphatic carbocycles. The molecule has 2 aliphatic heterocycles. The molecule has 1 saturated heterocycles. The van der Waals surface area contributed by atoms with E-state index in [1.165, 1.54) is 24.5 Å². The van der Waals surface area contributed by atoms with Gasteiger partial charge in [0.25, 0.3) is 0 Å². The molecule has 1 aromatic carbocycles. The molecule has 0 amide bonds. The van der Waals surface area contributed by atoms with E-state index < -0.39 is 6.10 Å². The molecule has 1 atom stereocenters. The Morgan fingerprint density at radius 1 is 1.13 bits per heavy atom. The van der Waals surface area contributed by atoms with Gasteiger partial charge in [-0.05, 0) is 24.6 Å². The second kappa shape index (κ2) is 7.97. The minimum absolute atomic E-state index is 0.286. The van der Waals surface area contributed by atoms with Gasteiger partial charge in [-0.1, -0.05) is 6.07 Å². The third-order valence-corrected chi connectivity index (χ3v) is 4.70. The van der Waals surface area contributed by atoms with Crippen molar-refractivity contribution in [3.63, 3.8) is 0 Å². The maximum absolute atomic E-state index is 10.2. The van der Waals surface area contributed by atoms with Crippen molar-refractivity contribution >= 4 is 0 Å². The molecule has 1 fully saturated rings. The summed E-state index contributed by atoms with van der Waals surface area (Å²) >= 11 is 0. The predicted molar refractivity (Wildman–Crippen MR) is 85.0 cm³/mol. The van der Waals surface area contributed by atoms with Gasteiger partial charge in [-0.3, -0.25) is 0 Å². The van der Waals surface area contributed by atoms with E-state index in [4.69, 9.17) is 14.2 Å². The number of rotatable bonds is 7. The Labute approximate surface area is 137 Å². The van der Waals surface area contributed by atoms with Crippen molar-refractivity contribution in [2.75, 3.05) is 52.7 Å². The van der Waals surface area contributed by atoms with Crippen LogP contribution >= 0.6 is 0 Å². The van der Waals surface area contributed by atoms with Crippen LogP contribution in [0.3, 0.4) is 0 Å². The zero-order valence-corrected chi connectivity index (χ0v) is 13.8. The zero-order chi connectivity index (χ0) is 16.1. The third kappa shape index (κ3) is 4.57. The Balaban J connectivity index is 1.35. The molecule has 3 N–H and O–H groups in total. The highest BCUT2D eigenvalue weighted by Crippen LogP contribution is 2.32. The van der Waals surface area contributed by atoms with Gasteiger partial charge in [0.05, 0.1) is 19.8 Å². The highest BCUT2D eigenvalue weighted by molar-refractivity contribution is 5.44. The lowest BCUT2D eigenvalue weighted by atomic mass is 10.2. The van der Waals surface area contributed by atoms with Gasteiger partial charge in [0.15, 0.2) is 11.5 Å². The first-order chi connectivity index (χ1) is 11.2. The second-order valence-corrected chi connectivity index (χ2v) is 6.41. The molecule has 1 unspecified atom stereocenters. The molecule has 0 radical (unpaired) electrons. The number of aliphatic hydroxyl groups excluding tert-OH is 1. The van der Waals surface area contributed by atoms with Crippen LogP contribution in [-0.4, -0.2) is 63.9 Å². The number of fused-ring (bicyclic) bond motifs is 1. The molecule has 6 nitrogen and oxygen atoms in total. The van der Waals surface area contributed by atoms with Crippen molar-refractivity contribution in [2.24, 2.45) is 0 Å². The molecule has 23 heavy (non-hydrogen) atoms. The first-order valence-corrected chi connectivity index (χ1v) is 8.56. The number of aliphatic hydroxyl groups is 1. The van der Waals surface area contributed by atoms with Gasteiger partial charge in [0.1, 0.15) is 38.8 Å². The quantitative estimate of drug-likeness (QED) is 0.548. The van der Waals surface area contributed by atoms with Crippen LogP contribution < -0.4 is 19.3 Å². The van der Waals surface area contributed by atoms with Crippen LogP contribution in [0.1, 0.15) is 12.5 Å². The Morgan fingerprint density at radius 2 is 1.87 bits per heavy atom. The zero-order valence-electron chi connectivity index (χ0n) is 13.8. The number of likely N-dealkylation sites (N-methyl/N-ethyl adjacent to an activating group) is 1. The van der Waals surface area contributed by atoms with Gasteiger partial charge in [0.2, 0.25) is 6.79 Å². The van der Waals surface area contributed by atoms with Gasteiger partial charge in [-0.15, -0.1) is 0 Å². The minimum atomic E-state index is -0.401. The summed E-state index contributed by atoms with van der Waals surface area (Å²) in [4.78, 5) is 3.16. The highest BCUT2D eigenvalue weighted by Gasteiger charge is 2.23. The SMILES string of the molecule is CC[NH+]1CC[NH+](CC(O)COCc2ccc3c(c2)OCO3)CC1. The summed E-state index contributed by atoms with van der Waals surface area (Å²) in [7, 11) is 0. The molecule has 0 spiro atoms. The van der Waals surface area contributed by atoms with Crippen molar-refractivity contribution in [3.05, 3.63) is 23.8 Å². The van der Waals surface area contributed by atoms with Gasteiger partial charge < -0.3 is 29.1 Å². The van der Waals surface area contributed by atoms with E-state index >= 15 is 0 Å². The van der Waals surface area contributed by atoms with Crippen LogP contribution in [0, 0.1) is 0 Å². The van der Waals surface area contributed by atoms with E-state index in [0.717, 1.165) is 36.7 Å². The molecule has 128 valence electrons. The van der Waals surface area contributed by atoms with Gasteiger partial charge in [-0.2, -0.15) is 0 Å². The van der Waals surface area contributed by atoms with Crippen LogP contribution in [0.15, 0.2) is 18.2 Å². The number of ether oxygens (including phenoxy) is 3. The number of hydrogen-bond donors (Lipinski definition) is 3. The molecule has 0 saturated carbocycles. The lowest BCUT2D eigenvalue weighted by Gasteiger charge is -2.30. The van der Waals surface area contributed by atoms with Crippen molar-refractivity contribution in [1.82, 2.24) is 0 Å². The maximum atomic E-state index is 10.2. The Kier molecular flexibility index (Phi) is 5.72. The summed E-state index contributed by atoms with van der Waals surface area (Å²) in [5.74, 6) is 1.55. The largest absolute Gasteiger partial charge is 0.454 e. The predicted octanol–water partition coefficient (Wildman–Crippen LogP) is -1.90. The van der Waals surface area contributed by atoms with Crippen molar-refractivity contribution in [2.45, 2.75) is 19.6 Å². The van der Waals surface area contributed by atoms with Gasteiger partial charge in [0, 0.05) is 0 Å². The molecule has 3 rings (SSSR count). The van der Waals surface area contributed by atoms with Crippen molar-refractivity contribution in [1.29, 1.82) is 0 Å². The van der Waals surface area contributed by atoms with Crippen LogP contribution in [0.25, 0.3) is 0 Å². The summed E-state index contributed by atoms with van der Waals surface area (Å²) in [5, 5.41) is 10.2. The van der Waals surface area contributed by atoms with Crippen molar-refractivity contribution in [3.8, 4) is 11.5 Å². The summed E-state index contributed by atoms with van der Waals surface area (Å²) in [6.45, 7) is 10.1. The standard InChI is InChI=1S/C17H26N2O4/c1-2-18-5-7-19(8-6-18)10-15(20)12-21-11-14-3-4-16-17(9-14)23-13-22-16/h3-4,9,15,20H,2,5-8,10-13H2,1H3/p+2. The maximum Gasteiger partial charge on any atom is 0.231 e. The third-order valence-electron chi connectivity index (χ3n) is 4.70. The fraction of sp³-hybridized carbons (Fsp3) is 0.647. The lowest BCUT2D eigenvalue weighted by Crippen LogP contribution is -3.28. The number of piperazine rings is 1. The van der Waals surface area contributed by atoms with Gasteiger partial charge >= 0.3 is 0 Å². The molecule has 2 heterocycles. The molecule has 6 heteroatoms. The van der Waals surface area contributed by atoms with Crippen LogP contribution in [-0.2, 0) is 11.3 Å². The van der Waals surface area contributed by atoms with E-state index in [0.29, 0.717) is 13.2 Å². The molecule has 0 aromatic heterocycles. The first-order valence-electron chi connectivity index (χ1n) is 8.56. The van der Waals surface area contributed by atoms with Crippen molar-refractivity contribution < 1.29 is 29.1 Å². The van der Waals surface area contributed by atoms with E-state index in [2.05, 4.69) is 6.92 Å². The average Bonchev–Trinajstić information content (AvgIpc) is 3.03. The number of hydrogen-bond acceptors (Lipinski definition) is 4. The average molecular weight is 324 g/mol. The summed E-state index contributed by atoms with van der Waals surface area (Å²) in [6, 6.07) is 5.81. The smallest absolute Gasteiger partial charge is 0.231 e. The number of quaternary nitrogens is 2. The molecular formula is C17H28N2O4+2. The minimum Gasteiger partial charge on any atom is -0.454 e. The Hall–Kier alpha value is -1.34. The van der Waals surface area contributed by atoms with Gasteiger partial charge in [-0.25, -0.2) is 0 Å². The van der Waals surface area contributed by atoms with Crippen LogP contribution in [0.2, 0.25) is 0 Å². The molecule has 0 bridgehead atoms. The van der Waals surface area contributed by atoms with E-state index in [9.17, 15) is 5.11 Å². The fourth-order valence-corrected chi connectivity index (χ4v) is 3.25. The van der Waals surface area contributed by atoms with E-state index in [1.54, 1.807) is 4.90 Å². The second-order valence-electron chi connectivity index (χ2n) is 6.41. The highest BCUT2D eigenvalue weighted by atomic mass is 16.7. The topological polar surface area (TPSA) is 56.8 Å². The van der Waals surface area contributed by atoms with Crippen LogP contribution in [0.5, 0.6) is 11.5 Å². The van der Waals surface area contributed by atoms with E-state index in [1.807, 2.05) is 18.2 Å². The lowest BCUT2D eigenvalue weighted by molar-refractivity contribution is -1.01. The number of benzene rings is 1. The first kappa shape index (κ1) is 16.5. The fourth-order valence-electron chi connectivity index (χ4n) is 3.25. The Bertz CT molecular complexity index is 503. The normalized spacial score (nSPS) is 24.6. The molecule has 1 aromatic rings. The number of nitrogens with one attached hydrogen (secondary N) is 2. The summed E-state index contributed by atoms with van der Waals surface area (Å²) in [5.41, 5.74) is 1.04.